The van der Waals surface area contributed by atoms with Crippen molar-refractivity contribution in [1.82, 2.24) is 4.90 Å². The van der Waals surface area contributed by atoms with E-state index in [0.717, 1.165) is 31.0 Å². The normalized spacial score (nSPS) is 25.4. The van der Waals surface area contributed by atoms with Crippen molar-refractivity contribution in [1.29, 1.82) is 0 Å². The average molecular weight is 458 g/mol. The molecule has 2 aliphatic rings. The zero-order valence-corrected chi connectivity index (χ0v) is 16.1. The Morgan fingerprint density at radius 3 is 2.62 bits per heavy atom. The maximum absolute atomic E-state index is 6.10. The first-order valence-corrected chi connectivity index (χ1v) is 8.67. The van der Waals surface area contributed by atoms with Crippen molar-refractivity contribution in [3.8, 4) is 0 Å². The van der Waals surface area contributed by atoms with Gasteiger partial charge >= 0.3 is 0 Å². The van der Waals surface area contributed by atoms with E-state index in [1.54, 1.807) is 0 Å². The van der Waals surface area contributed by atoms with Gasteiger partial charge in [-0.1, -0.05) is 29.3 Å². The van der Waals surface area contributed by atoms with Crippen LogP contribution in [-0.2, 0) is 0 Å². The molecule has 1 saturated heterocycles. The molecule has 1 aromatic carbocycles. The van der Waals surface area contributed by atoms with E-state index in [2.05, 4.69) is 9.89 Å². The lowest BCUT2D eigenvalue weighted by atomic mass is 10.1. The van der Waals surface area contributed by atoms with E-state index in [9.17, 15) is 0 Å². The fraction of sp³-hybridized carbons (Fsp3) is 0.500. The van der Waals surface area contributed by atoms with E-state index < -0.39 is 0 Å². The van der Waals surface area contributed by atoms with Gasteiger partial charge in [-0.15, -0.1) is 24.0 Å². The summed E-state index contributed by atoms with van der Waals surface area (Å²) in [6, 6.07) is 6.12. The second-order valence-electron chi connectivity index (χ2n) is 5.17. The van der Waals surface area contributed by atoms with E-state index in [1.165, 1.54) is 5.56 Å². The Balaban J connectivity index is 0.00000161. The minimum absolute atomic E-state index is 0. The first-order valence-electron chi connectivity index (χ1n) is 6.76. The summed E-state index contributed by atoms with van der Waals surface area (Å²) in [7, 11) is 0. The molecule has 0 bridgehead atoms. The molecule has 1 aromatic rings. The third kappa shape index (κ3) is 4.33. The van der Waals surface area contributed by atoms with E-state index in [-0.39, 0.29) is 24.0 Å². The SMILES string of the molecule is I.NC(=N[C@@H]1C[C@H]1c1ccc(Cl)c(Cl)c1)N1CCSCC1. The number of aliphatic imine (C=N–C) groups is 1. The van der Waals surface area contributed by atoms with Crippen molar-refractivity contribution in [2.45, 2.75) is 18.4 Å². The summed E-state index contributed by atoms with van der Waals surface area (Å²) >= 11 is 14.0. The van der Waals surface area contributed by atoms with Gasteiger partial charge in [0.1, 0.15) is 0 Å². The van der Waals surface area contributed by atoms with Gasteiger partial charge in [-0.3, -0.25) is 0 Å². The molecule has 0 unspecified atom stereocenters. The maximum atomic E-state index is 6.10. The van der Waals surface area contributed by atoms with Crippen LogP contribution in [-0.4, -0.2) is 41.5 Å². The Bertz CT molecular complexity index is 535. The van der Waals surface area contributed by atoms with Gasteiger partial charge < -0.3 is 10.6 Å². The monoisotopic (exact) mass is 457 g/mol. The molecular weight excluding hydrogens is 440 g/mol. The second-order valence-corrected chi connectivity index (χ2v) is 7.21. The van der Waals surface area contributed by atoms with Crippen LogP contribution in [0.4, 0.5) is 0 Å². The fourth-order valence-electron chi connectivity index (χ4n) is 2.47. The number of halogens is 3. The van der Waals surface area contributed by atoms with Crippen LogP contribution < -0.4 is 5.73 Å². The summed E-state index contributed by atoms with van der Waals surface area (Å²) in [5, 5.41) is 1.21. The third-order valence-corrected chi connectivity index (χ3v) is 5.44. The lowest BCUT2D eigenvalue weighted by Gasteiger charge is -2.27. The highest BCUT2D eigenvalue weighted by Gasteiger charge is 2.39. The molecule has 1 heterocycles. The first kappa shape index (κ1) is 17.5. The Morgan fingerprint density at radius 1 is 1.24 bits per heavy atom. The number of benzene rings is 1. The quantitative estimate of drug-likeness (QED) is 0.416. The number of guanidine groups is 1. The topological polar surface area (TPSA) is 41.6 Å². The van der Waals surface area contributed by atoms with Gasteiger partial charge in [0, 0.05) is 30.5 Å². The zero-order valence-electron chi connectivity index (χ0n) is 11.5. The van der Waals surface area contributed by atoms with Gasteiger partial charge in [-0.25, -0.2) is 4.99 Å². The van der Waals surface area contributed by atoms with Crippen molar-refractivity contribution >= 4 is 64.9 Å². The molecule has 0 spiro atoms. The molecule has 2 atom stereocenters. The molecule has 1 aliphatic carbocycles. The third-order valence-electron chi connectivity index (χ3n) is 3.76. The molecule has 0 aromatic heterocycles. The Labute approximate surface area is 156 Å². The van der Waals surface area contributed by atoms with E-state index in [4.69, 9.17) is 28.9 Å². The highest BCUT2D eigenvalue weighted by molar-refractivity contribution is 14.0. The molecule has 1 saturated carbocycles. The summed E-state index contributed by atoms with van der Waals surface area (Å²) in [5.74, 6) is 3.40. The van der Waals surface area contributed by atoms with Gasteiger partial charge in [0.05, 0.1) is 16.1 Å². The zero-order chi connectivity index (χ0) is 14.1. The van der Waals surface area contributed by atoms with E-state index >= 15 is 0 Å². The summed E-state index contributed by atoms with van der Waals surface area (Å²) in [6.45, 7) is 2.01. The minimum atomic E-state index is 0. The van der Waals surface area contributed by atoms with Crippen LogP contribution in [0.3, 0.4) is 0 Å². The molecule has 3 rings (SSSR count). The van der Waals surface area contributed by atoms with Crippen LogP contribution in [0.15, 0.2) is 23.2 Å². The summed E-state index contributed by atoms with van der Waals surface area (Å²) in [5.41, 5.74) is 7.31. The number of hydrogen-bond acceptors (Lipinski definition) is 2. The molecular formula is C14H18Cl2IN3S. The molecule has 2 N–H and O–H groups in total. The number of rotatable bonds is 2. The highest BCUT2D eigenvalue weighted by atomic mass is 127. The average Bonchev–Trinajstić information content (AvgIpc) is 3.22. The number of hydrogen-bond donors (Lipinski definition) is 1. The smallest absolute Gasteiger partial charge is 0.191 e. The van der Waals surface area contributed by atoms with Crippen molar-refractivity contribution < 1.29 is 0 Å². The van der Waals surface area contributed by atoms with Crippen LogP contribution >= 0.6 is 58.9 Å². The Hall–Kier alpha value is 0.150. The Morgan fingerprint density at radius 2 is 1.95 bits per heavy atom. The highest BCUT2D eigenvalue weighted by Crippen LogP contribution is 2.44. The first-order chi connectivity index (χ1) is 9.65. The number of nitrogens with zero attached hydrogens (tertiary/aromatic N) is 2. The standard InChI is InChI=1S/C14H17Cl2N3S.HI/c15-11-2-1-9(7-12(11)16)10-8-13(10)18-14(17)19-3-5-20-6-4-19;/h1-2,7,10,13H,3-6,8H2,(H2,17,18);1H/t10-,13+;/m0./s1. The molecule has 0 amide bonds. The van der Waals surface area contributed by atoms with Crippen molar-refractivity contribution in [2.24, 2.45) is 10.7 Å². The van der Waals surface area contributed by atoms with E-state index in [0.29, 0.717) is 28.0 Å². The van der Waals surface area contributed by atoms with Crippen molar-refractivity contribution in [3.63, 3.8) is 0 Å². The molecule has 7 heteroatoms. The number of nitrogens with two attached hydrogens (primary N) is 1. The number of thioether (sulfide) groups is 1. The predicted molar refractivity (Wildman–Crippen MR) is 104 cm³/mol. The maximum Gasteiger partial charge on any atom is 0.191 e. The molecule has 1 aliphatic heterocycles. The Kier molecular flexibility index (Phi) is 6.35. The summed E-state index contributed by atoms with van der Waals surface area (Å²) in [6.07, 6.45) is 1.04. The van der Waals surface area contributed by atoms with Crippen LogP contribution in [0.25, 0.3) is 0 Å². The summed E-state index contributed by atoms with van der Waals surface area (Å²) in [4.78, 5) is 6.84. The van der Waals surface area contributed by atoms with Gasteiger partial charge in [0.15, 0.2) is 5.96 Å². The fourth-order valence-corrected chi connectivity index (χ4v) is 3.68. The lowest BCUT2D eigenvalue weighted by Crippen LogP contribution is -2.42. The van der Waals surface area contributed by atoms with Gasteiger partial charge in [-0.2, -0.15) is 11.8 Å². The second kappa shape index (κ2) is 7.62. The van der Waals surface area contributed by atoms with Crippen molar-refractivity contribution in [3.05, 3.63) is 33.8 Å². The van der Waals surface area contributed by atoms with Crippen LogP contribution in [0.2, 0.25) is 10.0 Å². The van der Waals surface area contributed by atoms with Crippen LogP contribution in [0, 0.1) is 0 Å². The van der Waals surface area contributed by atoms with Gasteiger partial charge in [-0.05, 0) is 24.1 Å². The molecule has 3 nitrogen and oxygen atoms in total. The largest absolute Gasteiger partial charge is 0.370 e. The van der Waals surface area contributed by atoms with Crippen molar-refractivity contribution in [2.75, 3.05) is 24.6 Å². The predicted octanol–water partition coefficient (Wildman–Crippen LogP) is 3.83. The molecule has 116 valence electrons. The van der Waals surface area contributed by atoms with Crippen LogP contribution in [0.5, 0.6) is 0 Å². The summed E-state index contributed by atoms with van der Waals surface area (Å²) < 4.78 is 0. The van der Waals surface area contributed by atoms with E-state index in [1.807, 2.05) is 30.0 Å². The molecule has 0 radical (unpaired) electrons. The minimum Gasteiger partial charge on any atom is -0.370 e. The van der Waals surface area contributed by atoms with Gasteiger partial charge in [0.25, 0.3) is 0 Å². The molecule has 21 heavy (non-hydrogen) atoms. The molecule has 2 fully saturated rings. The van der Waals surface area contributed by atoms with Gasteiger partial charge in [0.2, 0.25) is 0 Å². The lowest BCUT2D eigenvalue weighted by molar-refractivity contribution is 0.455. The van der Waals surface area contributed by atoms with Crippen LogP contribution in [0.1, 0.15) is 17.9 Å².